The monoisotopic (exact) mass is 529 g/mol. The van der Waals surface area contributed by atoms with E-state index in [4.69, 9.17) is 19.8 Å². The summed E-state index contributed by atoms with van der Waals surface area (Å²) in [6.07, 6.45) is 0. The zero-order valence-electron chi connectivity index (χ0n) is 16.6. The molecule has 3 rings (SSSR count). The molecule has 0 atom stereocenters. The Morgan fingerprint density at radius 1 is 0.969 bits per heavy atom. The van der Waals surface area contributed by atoms with Crippen molar-refractivity contribution in [1.82, 2.24) is 9.21 Å². The van der Waals surface area contributed by atoms with Crippen molar-refractivity contribution < 1.29 is 33.1 Å². The lowest BCUT2D eigenvalue weighted by atomic mass is 10.2. The molecule has 1 aliphatic rings. The highest BCUT2D eigenvalue weighted by Crippen LogP contribution is 2.27. The summed E-state index contributed by atoms with van der Waals surface area (Å²) in [5.41, 5.74) is 0.771. The van der Waals surface area contributed by atoms with Gasteiger partial charge in [0.2, 0.25) is 10.0 Å². The summed E-state index contributed by atoms with van der Waals surface area (Å²) in [6, 6.07) is 13.5. The van der Waals surface area contributed by atoms with Crippen molar-refractivity contribution in [2.45, 2.75) is 11.4 Å². The van der Waals surface area contributed by atoms with E-state index in [0.717, 1.165) is 16.6 Å². The average Bonchev–Trinajstić information content (AvgIpc) is 2.76. The Kier molecular flexibility index (Phi) is 8.83. The van der Waals surface area contributed by atoms with Crippen molar-refractivity contribution in [1.29, 1.82) is 0 Å². The Morgan fingerprint density at radius 2 is 1.50 bits per heavy atom. The summed E-state index contributed by atoms with van der Waals surface area (Å²) >= 11 is 3.40. The fourth-order valence-electron chi connectivity index (χ4n) is 2.94. The van der Waals surface area contributed by atoms with Crippen molar-refractivity contribution in [2.75, 3.05) is 26.2 Å². The number of hydrogen-bond acceptors (Lipinski definition) is 7. The predicted molar refractivity (Wildman–Crippen MR) is 117 cm³/mol. The molecule has 2 N–H and O–H groups in total. The third-order valence-electron chi connectivity index (χ3n) is 4.51. The second-order valence-electron chi connectivity index (χ2n) is 6.64. The quantitative estimate of drug-likeness (QED) is 0.335. The molecule has 1 fully saturated rings. The maximum absolute atomic E-state index is 12.8. The van der Waals surface area contributed by atoms with E-state index < -0.39 is 26.9 Å². The molecule has 2 aromatic rings. The first-order valence-electron chi connectivity index (χ1n) is 9.19. The van der Waals surface area contributed by atoms with Crippen LogP contribution < -0.4 is 0 Å². The lowest BCUT2D eigenvalue weighted by Crippen LogP contribution is -2.48. The van der Waals surface area contributed by atoms with Crippen LogP contribution in [0.2, 0.25) is 0 Å². The molecule has 1 heterocycles. The smallest absolute Gasteiger partial charge is 0.414 e. The number of nitrogens with zero attached hydrogens (tertiary/aromatic N) is 3. The molecule has 13 heteroatoms. The van der Waals surface area contributed by atoms with Gasteiger partial charge in [0.15, 0.2) is 4.90 Å². The van der Waals surface area contributed by atoms with Gasteiger partial charge in [-0.1, -0.05) is 40.2 Å². The number of para-hydroxylation sites is 1. The van der Waals surface area contributed by atoms with Crippen molar-refractivity contribution in [3.05, 3.63) is 68.7 Å². The first-order chi connectivity index (χ1) is 15.0. The standard InChI is InChI=1S/C17H18BrN3O4S.C2H2O4/c18-15-7-5-14(6-8-15)13-19-9-11-20(12-10-19)26(24,25)17-4-2-1-3-16(17)21(22)23;3-1(4)2(5)6/h1-8H,9-13H2;(H,3,4)(H,5,6). The topological polar surface area (TPSA) is 158 Å². The van der Waals surface area contributed by atoms with Crippen molar-refractivity contribution >= 4 is 43.6 Å². The minimum absolute atomic E-state index is 0.244. The SMILES string of the molecule is O=C(O)C(=O)O.O=[N+]([O-])c1ccccc1S(=O)(=O)N1CCN(Cc2ccc(Br)cc2)CC1. The number of nitro benzene ring substituents is 1. The minimum atomic E-state index is -3.88. The van der Waals surface area contributed by atoms with Gasteiger partial charge in [-0.05, 0) is 23.8 Å². The van der Waals surface area contributed by atoms with Gasteiger partial charge in [-0.3, -0.25) is 15.0 Å². The van der Waals surface area contributed by atoms with Crippen LogP contribution in [0.5, 0.6) is 0 Å². The molecule has 0 aromatic heterocycles. The molecule has 1 saturated heterocycles. The molecule has 32 heavy (non-hydrogen) atoms. The lowest BCUT2D eigenvalue weighted by molar-refractivity contribution is -0.387. The Labute approximate surface area is 192 Å². The van der Waals surface area contributed by atoms with Crippen LogP contribution in [0.25, 0.3) is 0 Å². The van der Waals surface area contributed by atoms with Crippen molar-refractivity contribution in [3.63, 3.8) is 0 Å². The predicted octanol–water partition coefficient (Wildman–Crippen LogP) is 2.02. The van der Waals surface area contributed by atoms with Crippen LogP contribution in [-0.2, 0) is 26.2 Å². The number of carboxylic acid groups (broad SMARTS) is 2. The third kappa shape index (κ3) is 6.82. The number of rotatable bonds is 5. The largest absolute Gasteiger partial charge is 0.473 e. The number of carbonyl (C=O) groups is 2. The summed E-state index contributed by atoms with van der Waals surface area (Å²) in [6.45, 7) is 2.52. The van der Waals surface area contributed by atoms with Crippen LogP contribution in [0.15, 0.2) is 57.9 Å². The van der Waals surface area contributed by atoms with Crippen LogP contribution in [0.4, 0.5) is 5.69 Å². The molecule has 0 spiro atoms. The molecule has 2 aromatic carbocycles. The first-order valence-corrected chi connectivity index (χ1v) is 11.4. The molecule has 172 valence electrons. The number of nitro groups is 1. The molecule has 11 nitrogen and oxygen atoms in total. The minimum Gasteiger partial charge on any atom is -0.473 e. The highest BCUT2D eigenvalue weighted by molar-refractivity contribution is 9.10. The van der Waals surface area contributed by atoms with Crippen LogP contribution in [0, 0.1) is 10.1 Å². The molecular formula is C19H20BrN3O8S. The summed E-state index contributed by atoms with van der Waals surface area (Å²) < 4.78 is 28.0. The highest BCUT2D eigenvalue weighted by atomic mass is 79.9. The number of piperazine rings is 1. The van der Waals surface area contributed by atoms with E-state index in [1.807, 2.05) is 24.3 Å². The molecule has 0 saturated carbocycles. The molecule has 0 amide bonds. The van der Waals surface area contributed by atoms with Crippen LogP contribution >= 0.6 is 15.9 Å². The van der Waals surface area contributed by atoms with Crippen molar-refractivity contribution in [3.8, 4) is 0 Å². The summed E-state index contributed by atoms with van der Waals surface area (Å²) in [4.78, 5) is 30.6. The average molecular weight is 530 g/mol. The molecule has 0 bridgehead atoms. The third-order valence-corrected chi connectivity index (χ3v) is 6.99. The van der Waals surface area contributed by atoms with Gasteiger partial charge in [0.05, 0.1) is 4.92 Å². The Balaban J connectivity index is 0.000000534. The number of benzene rings is 2. The van der Waals surface area contributed by atoms with E-state index in [1.165, 1.54) is 28.6 Å². The van der Waals surface area contributed by atoms with Gasteiger partial charge >= 0.3 is 11.9 Å². The van der Waals surface area contributed by atoms with Gasteiger partial charge in [0, 0.05) is 43.3 Å². The highest BCUT2D eigenvalue weighted by Gasteiger charge is 2.33. The van der Waals surface area contributed by atoms with Gasteiger partial charge in [-0.2, -0.15) is 4.31 Å². The second kappa shape index (κ2) is 11.1. The maximum Gasteiger partial charge on any atom is 0.414 e. The van der Waals surface area contributed by atoms with Crippen LogP contribution in [-0.4, -0.2) is 70.9 Å². The number of aliphatic carboxylic acids is 2. The van der Waals surface area contributed by atoms with Crippen LogP contribution in [0.1, 0.15) is 5.56 Å². The van der Waals surface area contributed by atoms with Crippen molar-refractivity contribution in [2.24, 2.45) is 0 Å². The summed E-state index contributed by atoms with van der Waals surface area (Å²) in [5, 5.41) is 25.9. The van der Waals surface area contributed by atoms with Gasteiger partial charge in [0.1, 0.15) is 0 Å². The van der Waals surface area contributed by atoms with E-state index >= 15 is 0 Å². The van der Waals surface area contributed by atoms with E-state index in [0.29, 0.717) is 26.2 Å². The molecular weight excluding hydrogens is 510 g/mol. The number of halogens is 1. The van der Waals surface area contributed by atoms with Gasteiger partial charge in [-0.15, -0.1) is 0 Å². The summed E-state index contributed by atoms with van der Waals surface area (Å²) in [5.74, 6) is -3.65. The Hall–Kier alpha value is -2.87. The summed E-state index contributed by atoms with van der Waals surface area (Å²) in [7, 11) is -3.88. The zero-order valence-corrected chi connectivity index (χ0v) is 19.0. The van der Waals surface area contributed by atoms with Crippen LogP contribution in [0.3, 0.4) is 0 Å². The number of carboxylic acids is 2. The first kappa shape index (κ1) is 25.4. The maximum atomic E-state index is 12.8. The normalized spacial score (nSPS) is 14.8. The van der Waals surface area contributed by atoms with E-state index in [1.54, 1.807) is 0 Å². The fourth-order valence-corrected chi connectivity index (χ4v) is 4.79. The van der Waals surface area contributed by atoms with E-state index in [9.17, 15) is 18.5 Å². The number of hydrogen-bond donors (Lipinski definition) is 2. The van der Waals surface area contributed by atoms with Gasteiger partial charge < -0.3 is 10.2 Å². The van der Waals surface area contributed by atoms with E-state index in [-0.39, 0.29) is 10.6 Å². The molecule has 0 radical (unpaired) electrons. The molecule has 0 aliphatic carbocycles. The van der Waals surface area contributed by atoms with E-state index in [2.05, 4.69) is 20.8 Å². The Bertz CT molecular complexity index is 1070. The molecule has 0 unspecified atom stereocenters. The fraction of sp³-hybridized carbons (Fsp3) is 0.263. The van der Waals surface area contributed by atoms with Gasteiger partial charge in [-0.25, -0.2) is 18.0 Å². The Morgan fingerprint density at radius 3 is 2.00 bits per heavy atom. The molecule has 1 aliphatic heterocycles. The lowest BCUT2D eigenvalue weighted by Gasteiger charge is -2.33. The second-order valence-corrected chi connectivity index (χ2v) is 9.46. The van der Waals surface area contributed by atoms with Gasteiger partial charge in [0.25, 0.3) is 5.69 Å². The number of sulfonamides is 1. The zero-order chi connectivity index (χ0) is 23.9.